The van der Waals surface area contributed by atoms with E-state index in [4.69, 9.17) is 0 Å². The van der Waals surface area contributed by atoms with Crippen molar-refractivity contribution in [1.29, 1.82) is 0 Å². The molecule has 1 heterocycles. The Hall–Kier alpha value is -2.30. The van der Waals surface area contributed by atoms with E-state index in [2.05, 4.69) is 18.3 Å². The van der Waals surface area contributed by atoms with Crippen molar-refractivity contribution in [2.24, 2.45) is 4.99 Å². The zero-order chi connectivity index (χ0) is 20.3. The highest BCUT2D eigenvalue weighted by Crippen LogP contribution is 2.51. The number of fused-ring (bicyclic) bond motifs is 1. The van der Waals surface area contributed by atoms with Crippen molar-refractivity contribution in [1.82, 2.24) is 4.90 Å². The Morgan fingerprint density at radius 2 is 1.93 bits per heavy atom. The molecule has 2 aliphatic carbocycles. The minimum Gasteiger partial charge on any atom is -0.336 e. The van der Waals surface area contributed by atoms with Crippen molar-refractivity contribution >= 4 is 6.72 Å². The average Bonchev–Trinajstić information content (AvgIpc) is 3.41. The van der Waals surface area contributed by atoms with Crippen LogP contribution in [0.15, 0.2) is 59.0 Å². The third-order valence-corrected chi connectivity index (χ3v) is 6.55. The van der Waals surface area contributed by atoms with Gasteiger partial charge >= 0.3 is 0 Å². The van der Waals surface area contributed by atoms with Crippen LogP contribution in [0.1, 0.15) is 55.7 Å². The second-order valence-electron chi connectivity index (χ2n) is 8.33. The maximum atomic E-state index is 14.8. The maximum Gasteiger partial charge on any atom is 0.261 e. The van der Waals surface area contributed by atoms with Crippen LogP contribution in [0.2, 0.25) is 0 Å². The van der Waals surface area contributed by atoms with Gasteiger partial charge in [-0.3, -0.25) is 4.99 Å². The molecule has 2 atom stereocenters. The summed E-state index contributed by atoms with van der Waals surface area (Å²) < 4.78 is 42.3. The number of hydrogen-bond donors (Lipinski definition) is 0. The summed E-state index contributed by atoms with van der Waals surface area (Å²) in [5, 5.41) is 0. The van der Waals surface area contributed by atoms with Gasteiger partial charge in [0.05, 0.1) is 5.70 Å². The molecule has 2 unspecified atom stereocenters. The van der Waals surface area contributed by atoms with Crippen molar-refractivity contribution in [3.63, 3.8) is 0 Å². The standard InChI is InChI=1S/C23H25F3N2/c1-14-12-20(27-4)18(13-28(14)23(10-11-23)21(24)25)15(2)16-6-5-7-19-17(16)8-9-22(19,3)26/h5-7,12-13,15,21H,1,4,8-11H2,2-3H3. The predicted octanol–water partition coefficient (Wildman–Crippen LogP) is 6.02. The van der Waals surface area contributed by atoms with Gasteiger partial charge in [-0.2, -0.15) is 0 Å². The van der Waals surface area contributed by atoms with Crippen molar-refractivity contribution in [3.8, 4) is 0 Å². The summed E-state index contributed by atoms with van der Waals surface area (Å²) >= 11 is 0. The quantitative estimate of drug-likeness (QED) is 0.565. The Balaban J connectivity index is 1.77. The van der Waals surface area contributed by atoms with E-state index in [9.17, 15) is 13.2 Å². The van der Waals surface area contributed by atoms with E-state index in [-0.39, 0.29) is 5.92 Å². The highest BCUT2D eigenvalue weighted by molar-refractivity contribution is 5.53. The lowest BCUT2D eigenvalue weighted by Crippen LogP contribution is -2.39. The van der Waals surface area contributed by atoms with Gasteiger partial charge in [0, 0.05) is 23.4 Å². The molecule has 0 N–H and O–H groups in total. The van der Waals surface area contributed by atoms with Crippen molar-refractivity contribution < 1.29 is 13.2 Å². The summed E-state index contributed by atoms with van der Waals surface area (Å²) in [6.07, 6.45) is 3.06. The molecule has 3 aliphatic rings. The molecule has 1 saturated carbocycles. The van der Waals surface area contributed by atoms with Gasteiger partial charge < -0.3 is 4.90 Å². The number of benzene rings is 1. The molecular weight excluding hydrogens is 361 g/mol. The molecular formula is C23H25F3N2. The minimum absolute atomic E-state index is 0.121. The Bertz CT molecular complexity index is 906. The van der Waals surface area contributed by atoms with E-state index in [0.717, 1.165) is 22.3 Å². The van der Waals surface area contributed by atoms with Crippen molar-refractivity contribution in [2.45, 2.75) is 63.1 Å². The van der Waals surface area contributed by atoms with Crippen molar-refractivity contribution in [2.75, 3.05) is 0 Å². The SMILES string of the molecule is C=NC1=CC(=C)N(C2(C(F)F)CC2)C=C1C(C)c1cccc2c1CCC2(C)F. The lowest BCUT2D eigenvalue weighted by molar-refractivity contribution is 0.0457. The van der Waals surface area contributed by atoms with Crippen LogP contribution in [-0.4, -0.2) is 23.6 Å². The fraction of sp³-hybridized carbons (Fsp3) is 0.435. The van der Waals surface area contributed by atoms with Gasteiger partial charge in [0.15, 0.2) is 0 Å². The van der Waals surface area contributed by atoms with Gasteiger partial charge in [-0.15, -0.1) is 0 Å². The van der Waals surface area contributed by atoms with E-state index in [0.29, 0.717) is 37.1 Å². The molecule has 1 aromatic rings. The minimum atomic E-state index is -2.45. The van der Waals surface area contributed by atoms with E-state index in [1.54, 1.807) is 24.1 Å². The fourth-order valence-corrected chi connectivity index (χ4v) is 4.62. The maximum absolute atomic E-state index is 14.8. The lowest BCUT2D eigenvalue weighted by Gasteiger charge is -2.36. The number of halogens is 3. The zero-order valence-electron chi connectivity index (χ0n) is 16.3. The molecule has 1 aromatic carbocycles. The predicted molar refractivity (Wildman–Crippen MR) is 106 cm³/mol. The molecule has 1 aliphatic heterocycles. The molecule has 0 bridgehead atoms. The first-order valence-corrected chi connectivity index (χ1v) is 9.69. The van der Waals surface area contributed by atoms with Gasteiger partial charge in [-0.25, -0.2) is 13.2 Å². The lowest BCUT2D eigenvalue weighted by atomic mass is 9.85. The van der Waals surface area contributed by atoms with Gasteiger partial charge in [-0.1, -0.05) is 31.7 Å². The van der Waals surface area contributed by atoms with E-state index < -0.39 is 17.6 Å². The van der Waals surface area contributed by atoms with Crippen LogP contribution >= 0.6 is 0 Å². The molecule has 5 heteroatoms. The first kappa shape index (κ1) is 19.0. The third kappa shape index (κ3) is 2.75. The monoisotopic (exact) mass is 386 g/mol. The molecule has 0 radical (unpaired) electrons. The second kappa shape index (κ2) is 6.36. The molecule has 148 valence electrons. The van der Waals surface area contributed by atoms with Crippen LogP contribution in [0.5, 0.6) is 0 Å². The summed E-state index contributed by atoms with van der Waals surface area (Å²) in [4.78, 5) is 5.74. The number of hydrogen-bond acceptors (Lipinski definition) is 2. The average molecular weight is 386 g/mol. The first-order chi connectivity index (χ1) is 13.2. The van der Waals surface area contributed by atoms with Gasteiger partial charge in [-0.05, 0) is 62.1 Å². The number of alkyl halides is 3. The Morgan fingerprint density at radius 3 is 2.54 bits per heavy atom. The summed E-state index contributed by atoms with van der Waals surface area (Å²) in [7, 11) is 0. The van der Waals surface area contributed by atoms with E-state index >= 15 is 0 Å². The Kier molecular flexibility index (Phi) is 4.32. The molecule has 0 aromatic heterocycles. The molecule has 28 heavy (non-hydrogen) atoms. The fourth-order valence-electron chi connectivity index (χ4n) is 4.62. The Morgan fingerprint density at radius 1 is 1.21 bits per heavy atom. The van der Waals surface area contributed by atoms with E-state index in [1.807, 2.05) is 25.1 Å². The van der Waals surface area contributed by atoms with Crippen LogP contribution in [0, 0.1) is 0 Å². The Labute approximate surface area is 164 Å². The van der Waals surface area contributed by atoms with Gasteiger partial charge in [0.1, 0.15) is 11.2 Å². The largest absolute Gasteiger partial charge is 0.336 e. The van der Waals surface area contributed by atoms with Crippen LogP contribution < -0.4 is 0 Å². The highest BCUT2D eigenvalue weighted by Gasteiger charge is 2.56. The van der Waals surface area contributed by atoms with Crippen molar-refractivity contribution in [3.05, 3.63) is 70.7 Å². The highest BCUT2D eigenvalue weighted by atomic mass is 19.3. The molecule has 0 amide bonds. The summed E-state index contributed by atoms with van der Waals surface area (Å²) in [5.41, 5.74) is 2.25. The van der Waals surface area contributed by atoms with Crippen LogP contribution in [-0.2, 0) is 12.1 Å². The molecule has 0 saturated heterocycles. The number of aliphatic imine (C=N–C) groups is 1. The smallest absolute Gasteiger partial charge is 0.261 e. The summed E-state index contributed by atoms with van der Waals surface area (Å²) in [6.45, 7) is 11.2. The number of allylic oxidation sites excluding steroid dienone is 2. The van der Waals surface area contributed by atoms with Gasteiger partial charge in [0.2, 0.25) is 0 Å². The topological polar surface area (TPSA) is 15.6 Å². The molecule has 0 spiro atoms. The zero-order valence-corrected chi connectivity index (χ0v) is 16.3. The van der Waals surface area contributed by atoms with Crippen LogP contribution in [0.25, 0.3) is 0 Å². The second-order valence-corrected chi connectivity index (χ2v) is 8.33. The molecule has 2 nitrogen and oxygen atoms in total. The molecule has 1 fully saturated rings. The van der Waals surface area contributed by atoms with Gasteiger partial charge in [0.25, 0.3) is 6.43 Å². The van der Waals surface area contributed by atoms with E-state index in [1.165, 1.54) is 0 Å². The third-order valence-electron chi connectivity index (χ3n) is 6.55. The summed E-state index contributed by atoms with van der Waals surface area (Å²) in [6, 6.07) is 5.72. The van der Waals surface area contributed by atoms with Crippen LogP contribution in [0.3, 0.4) is 0 Å². The molecule has 4 rings (SSSR count). The normalized spacial score (nSPS) is 26.6. The number of nitrogens with zero attached hydrogens (tertiary/aromatic N) is 2. The van der Waals surface area contributed by atoms with Crippen LogP contribution in [0.4, 0.5) is 13.2 Å². The first-order valence-electron chi connectivity index (χ1n) is 9.69. The summed E-state index contributed by atoms with van der Waals surface area (Å²) in [5.74, 6) is -0.121. The number of rotatable bonds is 5.